The van der Waals surface area contributed by atoms with Gasteiger partial charge >= 0.3 is 7.12 Å². The molecule has 1 fully saturated rings. The molecule has 2 heterocycles. The summed E-state index contributed by atoms with van der Waals surface area (Å²) in [5.74, 6) is 0. The number of rotatable bonds is 2. The highest BCUT2D eigenvalue weighted by atomic mass is 16.7. The smallest absolute Gasteiger partial charge is 0.397 e. The van der Waals surface area contributed by atoms with Crippen molar-refractivity contribution in [3.05, 3.63) is 59.9 Å². The first-order chi connectivity index (χ1) is 12.3. The van der Waals surface area contributed by atoms with Crippen molar-refractivity contribution in [2.75, 3.05) is 0 Å². The molecule has 5 nitrogen and oxygen atoms in total. The van der Waals surface area contributed by atoms with E-state index in [1.54, 1.807) is 6.07 Å². The Kier molecular flexibility index (Phi) is 3.69. The third-order valence-corrected chi connectivity index (χ3v) is 5.27. The van der Waals surface area contributed by atoms with Gasteiger partial charge in [0.25, 0.3) is 0 Å². The maximum Gasteiger partial charge on any atom is 0.533 e. The molecule has 0 amide bonds. The molecule has 0 atom stereocenters. The molecule has 0 N–H and O–H groups in total. The van der Waals surface area contributed by atoms with Crippen LogP contribution < -0.4 is 5.72 Å². The predicted octanol–water partition coefficient (Wildman–Crippen LogP) is 3.88. The Morgan fingerprint density at radius 1 is 1.00 bits per heavy atom. The number of aromatic nitrogens is 2. The number of para-hydroxylation sites is 2. The third kappa shape index (κ3) is 2.52. The first-order valence-electron chi connectivity index (χ1n) is 8.63. The molecular formula is C20H20BN3O2. The van der Waals surface area contributed by atoms with E-state index in [-0.39, 0.29) is 0 Å². The number of hydrogen-bond acceptors (Lipinski definition) is 3. The zero-order valence-electron chi connectivity index (χ0n) is 15.4. The molecule has 1 aliphatic rings. The zero-order chi connectivity index (χ0) is 18.5. The lowest BCUT2D eigenvalue weighted by molar-refractivity contribution is 0.00578. The van der Waals surface area contributed by atoms with E-state index in [0.29, 0.717) is 11.4 Å². The van der Waals surface area contributed by atoms with Gasteiger partial charge < -0.3 is 13.9 Å². The average Bonchev–Trinajstić information content (AvgIpc) is 3.09. The molecule has 0 saturated carbocycles. The van der Waals surface area contributed by atoms with E-state index < -0.39 is 18.3 Å². The van der Waals surface area contributed by atoms with Crippen molar-refractivity contribution in [3.63, 3.8) is 0 Å². The Bertz CT molecular complexity index is 1020. The normalized spacial score (nSPS) is 18.2. The third-order valence-electron chi connectivity index (χ3n) is 5.27. The average molecular weight is 345 g/mol. The first kappa shape index (κ1) is 16.8. The van der Waals surface area contributed by atoms with Crippen LogP contribution in [0.5, 0.6) is 0 Å². The van der Waals surface area contributed by atoms with Crippen LogP contribution in [-0.2, 0) is 9.31 Å². The molecule has 26 heavy (non-hydrogen) atoms. The number of hydrogen-bond donors (Lipinski definition) is 0. The summed E-state index contributed by atoms with van der Waals surface area (Å²) in [6, 6.07) is 15.4. The Hall–Kier alpha value is -2.62. The van der Waals surface area contributed by atoms with Gasteiger partial charge in [-0.1, -0.05) is 24.3 Å². The van der Waals surface area contributed by atoms with Crippen molar-refractivity contribution < 1.29 is 9.31 Å². The second-order valence-corrected chi connectivity index (χ2v) is 7.51. The molecule has 0 aliphatic carbocycles. The van der Waals surface area contributed by atoms with E-state index in [0.717, 1.165) is 16.7 Å². The Balaban J connectivity index is 1.92. The monoisotopic (exact) mass is 345 g/mol. The Morgan fingerprint density at radius 2 is 1.69 bits per heavy atom. The van der Waals surface area contributed by atoms with Crippen LogP contribution in [0.15, 0.2) is 48.5 Å². The van der Waals surface area contributed by atoms with E-state index in [9.17, 15) is 0 Å². The predicted molar refractivity (Wildman–Crippen MR) is 103 cm³/mol. The maximum atomic E-state index is 7.30. The van der Waals surface area contributed by atoms with Gasteiger partial charge in [-0.3, -0.25) is 0 Å². The van der Waals surface area contributed by atoms with Crippen LogP contribution in [-0.4, -0.2) is 27.9 Å². The molecule has 0 spiro atoms. The quantitative estimate of drug-likeness (QED) is 0.523. The lowest BCUT2D eigenvalue weighted by Gasteiger charge is -2.32. The van der Waals surface area contributed by atoms with E-state index in [2.05, 4.69) is 4.85 Å². The molecule has 0 radical (unpaired) electrons. The second kappa shape index (κ2) is 5.70. The summed E-state index contributed by atoms with van der Waals surface area (Å²) < 4.78 is 14.5. The number of fused-ring (bicyclic) bond motifs is 1. The van der Waals surface area contributed by atoms with Crippen LogP contribution in [0.2, 0.25) is 0 Å². The summed E-state index contributed by atoms with van der Waals surface area (Å²) >= 11 is 0. The minimum Gasteiger partial charge on any atom is -0.397 e. The fourth-order valence-corrected chi connectivity index (χ4v) is 3.12. The molecule has 2 aromatic carbocycles. The van der Waals surface area contributed by atoms with Crippen molar-refractivity contribution in [3.8, 4) is 5.69 Å². The van der Waals surface area contributed by atoms with Crippen molar-refractivity contribution in [1.29, 1.82) is 0 Å². The van der Waals surface area contributed by atoms with Gasteiger partial charge in [-0.15, -0.1) is 0 Å². The summed E-state index contributed by atoms with van der Waals surface area (Å²) in [5, 5.41) is 0. The van der Waals surface area contributed by atoms with Gasteiger partial charge in [0.1, 0.15) is 5.72 Å². The topological polar surface area (TPSA) is 40.6 Å². The highest BCUT2D eigenvalue weighted by molar-refractivity contribution is 6.60. The molecule has 0 unspecified atom stereocenters. The molecule has 1 aliphatic heterocycles. The second-order valence-electron chi connectivity index (χ2n) is 7.51. The SMILES string of the molecule is [C-]#[N+]c1cccc(-n2c(B3OC(C)(C)C(C)(C)O3)nc3ccccc32)c1. The summed E-state index contributed by atoms with van der Waals surface area (Å²) in [7, 11) is -0.580. The number of nitrogens with zero attached hydrogens (tertiary/aromatic N) is 3. The fourth-order valence-electron chi connectivity index (χ4n) is 3.12. The molecule has 4 rings (SSSR count). The first-order valence-corrected chi connectivity index (χ1v) is 8.63. The van der Waals surface area contributed by atoms with E-state index in [1.807, 2.05) is 74.7 Å². The lowest BCUT2D eigenvalue weighted by atomic mass is 9.88. The minimum atomic E-state index is -0.580. The molecule has 1 saturated heterocycles. The molecule has 6 heteroatoms. The van der Waals surface area contributed by atoms with E-state index in [1.165, 1.54) is 0 Å². The largest absolute Gasteiger partial charge is 0.533 e. The van der Waals surface area contributed by atoms with Gasteiger partial charge in [0.2, 0.25) is 0 Å². The lowest BCUT2D eigenvalue weighted by Crippen LogP contribution is -2.41. The van der Waals surface area contributed by atoms with Gasteiger partial charge in [0.15, 0.2) is 5.69 Å². The van der Waals surface area contributed by atoms with Gasteiger partial charge in [-0.2, -0.15) is 0 Å². The summed E-state index contributed by atoms with van der Waals surface area (Å²) in [4.78, 5) is 8.34. The van der Waals surface area contributed by atoms with Gasteiger partial charge in [-0.05, 0) is 52.0 Å². The standard InChI is InChI=1S/C20H20BN3O2/c1-19(2)20(3,4)26-21(25-19)18-23-16-11-6-7-12-17(16)24(18)15-10-8-9-14(13-15)22-5/h6-13H,1-4H3. The number of benzene rings is 2. The van der Waals surface area contributed by atoms with Crippen LogP contribution in [0.4, 0.5) is 5.69 Å². The van der Waals surface area contributed by atoms with Crippen LogP contribution in [0.3, 0.4) is 0 Å². The Morgan fingerprint density at radius 3 is 2.38 bits per heavy atom. The fraction of sp³-hybridized carbons (Fsp3) is 0.300. The van der Waals surface area contributed by atoms with E-state index in [4.69, 9.17) is 20.9 Å². The highest BCUT2D eigenvalue weighted by Gasteiger charge is 2.53. The van der Waals surface area contributed by atoms with E-state index >= 15 is 0 Å². The maximum absolute atomic E-state index is 7.30. The Labute approximate surface area is 153 Å². The van der Waals surface area contributed by atoms with Crippen LogP contribution in [0, 0.1) is 6.57 Å². The van der Waals surface area contributed by atoms with Gasteiger partial charge in [0, 0.05) is 5.69 Å². The van der Waals surface area contributed by atoms with Crippen molar-refractivity contribution >= 4 is 29.6 Å². The molecule has 3 aromatic rings. The van der Waals surface area contributed by atoms with Crippen molar-refractivity contribution in [2.24, 2.45) is 0 Å². The van der Waals surface area contributed by atoms with Crippen LogP contribution >= 0.6 is 0 Å². The molecule has 130 valence electrons. The molecule has 1 aromatic heterocycles. The summed E-state index contributed by atoms with van der Waals surface area (Å²) in [6.07, 6.45) is 0. The zero-order valence-corrected chi connectivity index (χ0v) is 15.4. The molecule has 0 bridgehead atoms. The highest BCUT2D eigenvalue weighted by Crippen LogP contribution is 2.37. The number of imidazole rings is 1. The van der Waals surface area contributed by atoms with Gasteiger partial charge in [0.05, 0.1) is 28.8 Å². The van der Waals surface area contributed by atoms with Crippen molar-refractivity contribution in [2.45, 2.75) is 38.9 Å². The minimum absolute atomic E-state index is 0.445. The van der Waals surface area contributed by atoms with Crippen LogP contribution in [0.25, 0.3) is 21.6 Å². The van der Waals surface area contributed by atoms with Crippen LogP contribution in [0.1, 0.15) is 27.7 Å². The molecular weight excluding hydrogens is 325 g/mol. The van der Waals surface area contributed by atoms with Gasteiger partial charge in [-0.25, -0.2) is 9.83 Å². The summed E-state index contributed by atoms with van der Waals surface area (Å²) in [6.45, 7) is 15.4. The summed E-state index contributed by atoms with van der Waals surface area (Å²) in [5.41, 5.74) is 3.08. The van der Waals surface area contributed by atoms with Crippen molar-refractivity contribution in [1.82, 2.24) is 9.55 Å².